The zero-order valence-corrected chi connectivity index (χ0v) is 12.1. The topological polar surface area (TPSA) is 49.3 Å². The number of benzene rings is 1. The second-order valence-corrected chi connectivity index (χ2v) is 5.72. The first-order valence-electron chi connectivity index (χ1n) is 5.71. The number of carbonyl (C=O) groups is 1. The third-order valence-electron chi connectivity index (χ3n) is 2.82. The standard InChI is InChI=1S/C13H17BrFNO2/c1-13(2,12(17)18)5-6-16-8-9-3-4-11(15)10(14)7-9/h3-4,7,16H,5-6,8H2,1-2H3,(H,17,18). The molecule has 0 aliphatic carbocycles. The van der Waals surface area contributed by atoms with Crippen molar-refractivity contribution in [3.63, 3.8) is 0 Å². The molecule has 0 atom stereocenters. The summed E-state index contributed by atoms with van der Waals surface area (Å²) < 4.78 is 13.4. The summed E-state index contributed by atoms with van der Waals surface area (Å²) >= 11 is 3.13. The molecular formula is C13H17BrFNO2. The van der Waals surface area contributed by atoms with Crippen molar-refractivity contribution in [2.45, 2.75) is 26.8 Å². The molecule has 0 aliphatic rings. The van der Waals surface area contributed by atoms with Crippen molar-refractivity contribution in [1.29, 1.82) is 0 Å². The monoisotopic (exact) mass is 317 g/mol. The molecule has 0 amide bonds. The molecule has 0 saturated carbocycles. The quantitative estimate of drug-likeness (QED) is 0.792. The van der Waals surface area contributed by atoms with Crippen LogP contribution in [0.3, 0.4) is 0 Å². The second-order valence-electron chi connectivity index (χ2n) is 4.86. The number of aliphatic carboxylic acids is 1. The van der Waals surface area contributed by atoms with E-state index in [9.17, 15) is 9.18 Å². The van der Waals surface area contributed by atoms with Crippen LogP contribution >= 0.6 is 15.9 Å². The predicted octanol–water partition coefficient (Wildman–Crippen LogP) is 3.18. The van der Waals surface area contributed by atoms with Gasteiger partial charge in [-0.1, -0.05) is 6.07 Å². The van der Waals surface area contributed by atoms with Gasteiger partial charge in [-0.05, 0) is 60.4 Å². The van der Waals surface area contributed by atoms with E-state index in [0.717, 1.165) is 5.56 Å². The van der Waals surface area contributed by atoms with Gasteiger partial charge >= 0.3 is 5.97 Å². The molecular weight excluding hydrogens is 301 g/mol. The van der Waals surface area contributed by atoms with Crippen LogP contribution < -0.4 is 5.32 Å². The van der Waals surface area contributed by atoms with Gasteiger partial charge in [-0.15, -0.1) is 0 Å². The molecule has 1 aromatic rings. The minimum atomic E-state index is -0.797. The van der Waals surface area contributed by atoms with Gasteiger partial charge in [0.2, 0.25) is 0 Å². The van der Waals surface area contributed by atoms with Crippen LogP contribution in [-0.2, 0) is 11.3 Å². The fraction of sp³-hybridized carbons (Fsp3) is 0.462. The van der Waals surface area contributed by atoms with Gasteiger partial charge in [-0.25, -0.2) is 4.39 Å². The summed E-state index contributed by atoms with van der Waals surface area (Å²) in [5.41, 5.74) is 0.229. The first-order valence-corrected chi connectivity index (χ1v) is 6.50. The molecule has 0 fully saturated rings. The molecule has 0 heterocycles. The third kappa shape index (κ3) is 4.38. The SMILES string of the molecule is CC(C)(CCNCc1ccc(F)c(Br)c1)C(=O)O. The Morgan fingerprint density at radius 2 is 2.17 bits per heavy atom. The maximum absolute atomic E-state index is 13.0. The average molecular weight is 318 g/mol. The van der Waals surface area contributed by atoms with Crippen molar-refractivity contribution < 1.29 is 14.3 Å². The fourth-order valence-electron chi connectivity index (χ4n) is 1.39. The van der Waals surface area contributed by atoms with E-state index in [1.165, 1.54) is 6.07 Å². The first-order chi connectivity index (χ1) is 8.33. The van der Waals surface area contributed by atoms with Crippen LogP contribution in [0.1, 0.15) is 25.8 Å². The van der Waals surface area contributed by atoms with Crippen LogP contribution in [0.5, 0.6) is 0 Å². The van der Waals surface area contributed by atoms with Crippen LogP contribution in [0.4, 0.5) is 4.39 Å². The summed E-state index contributed by atoms with van der Waals surface area (Å²) in [6.07, 6.45) is 0.546. The van der Waals surface area contributed by atoms with E-state index in [-0.39, 0.29) is 5.82 Å². The molecule has 0 aromatic heterocycles. The van der Waals surface area contributed by atoms with Gasteiger partial charge in [-0.3, -0.25) is 4.79 Å². The van der Waals surface area contributed by atoms with Crippen molar-refractivity contribution in [1.82, 2.24) is 5.32 Å². The zero-order valence-electron chi connectivity index (χ0n) is 10.5. The van der Waals surface area contributed by atoms with E-state index in [1.54, 1.807) is 26.0 Å². The molecule has 3 nitrogen and oxygen atoms in total. The minimum absolute atomic E-state index is 0.286. The Kier molecular flexibility index (Phi) is 5.28. The van der Waals surface area contributed by atoms with Crippen molar-refractivity contribution in [3.05, 3.63) is 34.1 Å². The number of halogens is 2. The number of carboxylic acid groups (broad SMARTS) is 1. The fourth-order valence-corrected chi connectivity index (χ4v) is 1.82. The molecule has 0 spiro atoms. The van der Waals surface area contributed by atoms with E-state index in [0.29, 0.717) is 24.0 Å². The maximum Gasteiger partial charge on any atom is 0.309 e. The average Bonchev–Trinajstić information content (AvgIpc) is 2.29. The lowest BCUT2D eigenvalue weighted by Gasteiger charge is -2.18. The van der Waals surface area contributed by atoms with E-state index < -0.39 is 11.4 Å². The molecule has 5 heteroatoms. The van der Waals surface area contributed by atoms with Gasteiger partial charge in [0.05, 0.1) is 9.89 Å². The van der Waals surface area contributed by atoms with E-state index in [1.807, 2.05) is 0 Å². The highest BCUT2D eigenvalue weighted by atomic mass is 79.9. The van der Waals surface area contributed by atoms with Crippen LogP contribution in [0.25, 0.3) is 0 Å². The van der Waals surface area contributed by atoms with Crippen molar-refractivity contribution in [3.8, 4) is 0 Å². The lowest BCUT2D eigenvalue weighted by atomic mass is 9.90. The molecule has 0 radical (unpaired) electrons. The number of hydrogen-bond donors (Lipinski definition) is 2. The highest BCUT2D eigenvalue weighted by molar-refractivity contribution is 9.10. The largest absolute Gasteiger partial charge is 0.481 e. The molecule has 100 valence electrons. The van der Waals surface area contributed by atoms with Crippen LogP contribution in [0.15, 0.2) is 22.7 Å². The Labute approximate surface area is 115 Å². The Bertz CT molecular complexity index is 435. The van der Waals surface area contributed by atoms with Crippen LogP contribution in [0, 0.1) is 11.2 Å². The number of hydrogen-bond acceptors (Lipinski definition) is 2. The van der Waals surface area contributed by atoms with Crippen molar-refractivity contribution in [2.24, 2.45) is 5.41 Å². The predicted molar refractivity (Wildman–Crippen MR) is 71.8 cm³/mol. The Balaban J connectivity index is 2.38. The second kappa shape index (κ2) is 6.29. The summed E-state index contributed by atoms with van der Waals surface area (Å²) in [7, 11) is 0. The summed E-state index contributed by atoms with van der Waals surface area (Å²) in [4.78, 5) is 10.9. The van der Waals surface area contributed by atoms with Gasteiger partial charge in [-0.2, -0.15) is 0 Å². The minimum Gasteiger partial charge on any atom is -0.481 e. The molecule has 18 heavy (non-hydrogen) atoms. The third-order valence-corrected chi connectivity index (χ3v) is 3.43. The van der Waals surface area contributed by atoms with Gasteiger partial charge in [0.1, 0.15) is 5.82 Å². The van der Waals surface area contributed by atoms with E-state index in [4.69, 9.17) is 5.11 Å². The summed E-state index contributed by atoms with van der Waals surface area (Å²) in [5, 5.41) is 12.1. The summed E-state index contributed by atoms with van der Waals surface area (Å²) in [6.45, 7) is 4.60. The molecule has 2 N–H and O–H groups in total. The van der Waals surface area contributed by atoms with Gasteiger partial charge in [0, 0.05) is 6.54 Å². The number of rotatable bonds is 6. The van der Waals surface area contributed by atoms with Gasteiger partial charge in [0.25, 0.3) is 0 Å². The molecule has 1 rings (SSSR count). The maximum atomic E-state index is 13.0. The summed E-state index contributed by atoms with van der Waals surface area (Å²) in [6, 6.07) is 4.82. The van der Waals surface area contributed by atoms with Gasteiger partial charge < -0.3 is 10.4 Å². The first kappa shape index (κ1) is 15.1. The molecule has 1 aromatic carbocycles. The van der Waals surface area contributed by atoms with Gasteiger partial charge in [0.15, 0.2) is 0 Å². The smallest absolute Gasteiger partial charge is 0.309 e. The van der Waals surface area contributed by atoms with E-state index >= 15 is 0 Å². The normalized spacial score (nSPS) is 11.6. The van der Waals surface area contributed by atoms with Crippen molar-refractivity contribution in [2.75, 3.05) is 6.54 Å². The lowest BCUT2D eigenvalue weighted by Crippen LogP contribution is -2.28. The van der Waals surface area contributed by atoms with Crippen LogP contribution in [-0.4, -0.2) is 17.6 Å². The summed E-state index contributed by atoms with van der Waals surface area (Å²) in [5.74, 6) is -1.08. The Morgan fingerprint density at radius 3 is 2.72 bits per heavy atom. The van der Waals surface area contributed by atoms with E-state index in [2.05, 4.69) is 21.2 Å². The number of nitrogens with one attached hydrogen (secondary N) is 1. The van der Waals surface area contributed by atoms with Crippen LogP contribution in [0.2, 0.25) is 0 Å². The highest BCUT2D eigenvalue weighted by Crippen LogP contribution is 2.20. The zero-order chi connectivity index (χ0) is 13.8. The number of carboxylic acids is 1. The Morgan fingerprint density at radius 1 is 1.50 bits per heavy atom. The molecule has 0 unspecified atom stereocenters. The lowest BCUT2D eigenvalue weighted by molar-refractivity contribution is -0.147. The molecule has 0 bridgehead atoms. The van der Waals surface area contributed by atoms with Crippen molar-refractivity contribution >= 4 is 21.9 Å². The molecule has 0 aliphatic heterocycles. The molecule has 0 saturated heterocycles. The highest BCUT2D eigenvalue weighted by Gasteiger charge is 2.25. The Hall–Kier alpha value is -0.940.